The van der Waals surface area contributed by atoms with Gasteiger partial charge in [0.1, 0.15) is 11.9 Å². The summed E-state index contributed by atoms with van der Waals surface area (Å²) < 4.78 is 14.0. The summed E-state index contributed by atoms with van der Waals surface area (Å²) in [6, 6.07) is 18.1. The van der Waals surface area contributed by atoms with Crippen molar-refractivity contribution in [3.63, 3.8) is 0 Å². The number of benzene rings is 3. The summed E-state index contributed by atoms with van der Waals surface area (Å²) in [6.07, 6.45) is -0.841. The molecule has 0 radical (unpaired) electrons. The first-order chi connectivity index (χ1) is 9.63. The highest BCUT2D eigenvalue weighted by molar-refractivity contribution is 9.10. The fraction of sp³-hybridized carbons (Fsp3) is 0.0588. The molecule has 0 aromatic heterocycles. The smallest absolute Gasteiger partial charge is 0.124 e. The van der Waals surface area contributed by atoms with Crippen molar-refractivity contribution >= 4 is 26.7 Å². The summed E-state index contributed by atoms with van der Waals surface area (Å²) in [5.74, 6) is -0.366. The van der Waals surface area contributed by atoms with Crippen molar-refractivity contribution in [3.05, 3.63) is 82.1 Å². The third-order valence-electron chi connectivity index (χ3n) is 3.29. The Morgan fingerprint density at radius 2 is 1.60 bits per heavy atom. The van der Waals surface area contributed by atoms with E-state index in [1.165, 1.54) is 12.1 Å². The molecular weight excluding hydrogens is 319 g/mol. The normalized spacial score (nSPS) is 12.6. The van der Waals surface area contributed by atoms with E-state index in [0.717, 1.165) is 16.3 Å². The number of aliphatic hydroxyl groups is 1. The van der Waals surface area contributed by atoms with Gasteiger partial charge in [0.05, 0.1) is 0 Å². The lowest BCUT2D eigenvalue weighted by Gasteiger charge is -2.13. The SMILES string of the molecule is OC(c1cc(F)cc(Br)c1)c1ccc2ccccc2c1. The van der Waals surface area contributed by atoms with Gasteiger partial charge in [-0.2, -0.15) is 0 Å². The monoisotopic (exact) mass is 330 g/mol. The summed E-state index contributed by atoms with van der Waals surface area (Å²) in [6.45, 7) is 0. The highest BCUT2D eigenvalue weighted by atomic mass is 79.9. The number of halogens is 2. The van der Waals surface area contributed by atoms with Crippen LogP contribution in [0.4, 0.5) is 4.39 Å². The zero-order chi connectivity index (χ0) is 14.1. The molecule has 1 nitrogen and oxygen atoms in total. The van der Waals surface area contributed by atoms with Crippen molar-refractivity contribution < 1.29 is 9.50 Å². The van der Waals surface area contributed by atoms with Crippen LogP contribution in [0.15, 0.2) is 65.1 Å². The lowest BCUT2D eigenvalue weighted by molar-refractivity contribution is 0.220. The van der Waals surface area contributed by atoms with Crippen LogP contribution in [0.3, 0.4) is 0 Å². The summed E-state index contributed by atoms with van der Waals surface area (Å²) in [5, 5.41) is 12.6. The summed E-state index contributed by atoms with van der Waals surface area (Å²) >= 11 is 3.24. The number of aliphatic hydroxyl groups excluding tert-OH is 1. The Kier molecular flexibility index (Phi) is 3.55. The molecule has 0 amide bonds. The van der Waals surface area contributed by atoms with Gasteiger partial charge in [-0.3, -0.25) is 0 Å². The zero-order valence-electron chi connectivity index (χ0n) is 10.6. The summed E-state index contributed by atoms with van der Waals surface area (Å²) in [4.78, 5) is 0. The molecule has 0 saturated carbocycles. The molecular formula is C17H12BrFO. The molecule has 1 N–H and O–H groups in total. The van der Waals surface area contributed by atoms with Gasteiger partial charge >= 0.3 is 0 Å². The fourth-order valence-electron chi connectivity index (χ4n) is 2.30. The third kappa shape index (κ3) is 2.60. The summed E-state index contributed by atoms with van der Waals surface area (Å²) in [7, 11) is 0. The van der Waals surface area contributed by atoms with Crippen molar-refractivity contribution in [3.8, 4) is 0 Å². The van der Waals surface area contributed by atoms with Crippen LogP contribution in [0.1, 0.15) is 17.2 Å². The Labute approximate surface area is 124 Å². The first-order valence-electron chi connectivity index (χ1n) is 6.26. The predicted molar refractivity (Wildman–Crippen MR) is 82.1 cm³/mol. The molecule has 0 bridgehead atoms. The number of hydrogen-bond acceptors (Lipinski definition) is 1. The van der Waals surface area contributed by atoms with Crippen molar-refractivity contribution in [1.82, 2.24) is 0 Å². The Bertz CT molecular complexity index is 750. The van der Waals surface area contributed by atoms with Crippen LogP contribution >= 0.6 is 15.9 Å². The van der Waals surface area contributed by atoms with Gasteiger partial charge in [-0.25, -0.2) is 4.39 Å². The molecule has 100 valence electrons. The van der Waals surface area contributed by atoms with Gasteiger partial charge < -0.3 is 5.11 Å². The Hall–Kier alpha value is -1.71. The number of rotatable bonds is 2. The second-order valence-electron chi connectivity index (χ2n) is 4.71. The van der Waals surface area contributed by atoms with Gasteiger partial charge in [0.15, 0.2) is 0 Å². The van der Waals surface area contributed by atoms with Crippen LogP contribution in [0.2, 0.25) is 0 Å². The first kappa shape index (κ1) is 13.3. The predicted octanol–water partition coefficient (Wildman–Crippen LogP) is 4.82. The minimum atomic E-state index is -0.841. The molecule has 3 rings (SSSR count). The molecule has 0 aliphatic rings. The van der Waals surface area contributed by atoms with E-state index in [2.05, 4.69) is 15.9 Å². The summed E-state index contributed by atoms with van der Waals surface area (Å²) in [5.41, 5.74) is 1.29. The van der Waals surface area contributed by atoms with Crippen molar-refractivity contribution in [2.24, 2.45) is 0 Å². The van der Waals surface area contributed by atoms with Gasteiger partial charge in [-0.05, 0) is 46.2 Å². The van der Waals surface area contributed by atoms with Crippen LogP contribution in [0, 0.1) is 5.82 Å². The highest BCUT2D eigenvalue weighted by Crippen LogP contribution is 2.27. The van der Waals surface area contributed by atoms with Crippen LogP contribution in [0.5, 0.6) is 0 Å². The van der Waals surface area contributed by atoms with Gasteiger partial charge in [-0.15, -0.1) is 0 Å². The molecule has 0 spiro atoms. The molecule has 0 saturated heterocycles. The van der Waals surface area contributed by atoms with Gasteiger partial charge in [0.2, 0.25) is 0 Å². The average Bonchev–Trinajstić information content (AvgIpc) is 2.45. The highest BCUT2D eigenvalue weighted by Gasteiger charge is 2.12. The minimum absolute atomic E-state index is 0.366. The van der Waals surface area contributed by atoms with Crippen molar-refractivity contribution in [1.29, 1.82) is 0 Å². The molecule has 0 heterocycles. The Balaban J connectivity index is 2.05. The molecule has 20 heavy (non-hydrogen) atoms. The maximum absolute atomic E-state index is 13.4. The van der Waals surface area contributed by atoms with Gasteiger partial charge in [-0.1, -0.05) is 52.3 Å². The largest absolute Gasteiger partial charge is 0.384 e. The van der Waals surface area contributed by atoms with E-state index < -0.39 is 6.10 Å². The standard InChI is InChI=1S/C17H12BrFO/c18-15-8-14(9-16(19)10-15)17(20)13-6-5-11-3-1-2-4-12(11)7-13/h1-10,17,20H. The molecule has 3 aromatic rings. The maximum Gasteiger partial charge on any atom is 0.124 e. The van der Waals surface area contributed by atoms with E-state index >= 15 is 0 Å². The van der Waals surface area contributed by atoms with E-state index in [1.807, 2.05) is 42.5 Å². The molecule has 3 heteroatoms. The van der Waals surface area contributed by atoms with Crippen LogP contribution in [-0.2, 0) is 0 Å². The first-order valence-corrected chi connectivity index (χ1v) is 7.05. The van der Waals surface area contributed by atoms with E-state index in [0.29, 0.717) is 10.0 Å². The fourth-order valence-corrected chi connectivity index (χ4v) is 2.79. The molecule has 1 unspecified atom stereocenters. The quantitative estimate of drug-likeness (QED) is 0.714. The topological polar surface area (TPSA) is 20.2 Å². The molecule has 0 aliphatic heterocycles. The Morgan fingerprint density at radius 1 is 0.850 bits per heavy atom. The second-order valence-corrected chi connectivity index (χ2v) is 5.63. The maximum atomic E-state index is 13.4. The van der Waals surface area contributed by atoms with E-state index in [4.69, 9.17) is 0 Å². The molecule has 3 aromatic carbocycles. The average molecular weight is 331 g/mol. The van der Waals surface area contributed by atoms with Crippen molar-refractivity contribution in [2.45, 2.75) is 6.10 Å². The molecule has 0 aliphatic carbocycles. The molecule has 1 atom stereocenters. The van der Waals surface area contributed by atoms with E-state index in [9.17, 15) is 9.50 Å². The van der Waals surface area contributed by atoms with Crippen LogP contribution in [0.25, 0.3) is 10.8 Å². The van der Waals surface area contributed by atoms with E-state index in [1.54, 1.807) is 6.07 Å². The Morgan fingerprint density at radius 3 is 2.35 bits per heavy atom. The number of hydrogen-bond donors (Lipinski definition) is 1. The lowest BCUT2D eigenvalue weighted by atomic mass is 9.98. The van der Waals surface area contributed by atoms with Gasteiger partial charge in [0, 0.05) is 4.47 Å². The second kappa shape index (κ2) is 5.35. The van der Waals surface area contributed by atoms with Crippen LogP contribution in [-0.4, -0.2) is 5.11 Å². The van der Waals surface area contributed by atoms with Crippen molar-refractivity contribution in [2.75, 3.05) is 0 Å². The number of fused-ring (bicyclic) bond motifs is 1. The lowest BCUT2D eigenvalue weighted by Crippen LogP contribution is -2.00. The van der Waals surface area contributed by atoms with E-state index in [-0.39, 0.29) is 5.82 Å². The third-order valence-corrected chi connectivity index (χ3v) is 3.75. The molecule has 0 fully saturated rings. The zero-order valence-corrected chi connectivity index (χ0v) is 12.1. The van der Waals surface area contributed by atoms with Crippen LogP contribution < -0.4 is 0 Å². The van der Waals surface area contributed by atoms with Gasteiger partial charge in [0.25, 0.3) is 0 Å². The minimum Gasteiger partial charge on any atom is -0.384 e.